The van der Waals surface area contributed by atoms with Crippen LogP contribution in [0.5, 0.6) is 5.75 Å². The van der Waals surface area contributed by atoms with Crippen LogP contribution in [0.15, 0.2) is 18.2 Å². The summed E-state index contributed by atoms with van der Waals surface area (Å²) in [4.78, 5) is 0. The van der Waals surface area contributed by atoms with Gasteiger partial charge in [0.1, 0.15) is 0 Å². The van der Waals surface area contributed by atoms with Crippen LogP contribution in [0.4, 0.5) is 4.39 Å². The number of aliphatic hydroxyl groups excluding tert-OH is 1. The van der Waals surface area contributed by atoms with Crippen LogP contribution >= 0.6 is 12.4 Å². The molecule has 1 unspecified atom stereocenters. The van der Waals surface area contributed by atoms with E-state index in [0.717, 1.165) is 5.56 Å². The lowest BCUT2D eigenvalue weighted by Gasteiger charge is -2.11. The monoisotopic (exact) mass is 235 g/mol. The highest BCUT2D eigenvalue weighted by Crippen LogP contribution is 2.22. The normalized spacial score (nSPS) is 11.7. The van der Waals surface area contributed by atoms with E-state index >= 15 is 0 Å². The molecular formula is C10H15ClFNO2. The van der Waals surface area contributed by atoms with E-state index in [1.165, 1.54) is 13.2 Å². The maximum Gasteiger partial charge on any atom is 0.165 e. The van der Waals surface area contributed by atoms with E-state index in [4.69, 9.17) is 15.6 Å². The van der Waals surface area contributed by atoms with Crippen molar-refractivity contribution in [1.82, 2.24) is 0 Å². The van der Waals surface area contributed by atoms with Gasteiger partial charge in [-0.3, -0.25) is 0 Å². The first-order valence-electron chi connectivity index (χ1n) is 4.39. The van der Waals surface area contributed by atoms with Gasteiger partial charge >= 0.3 is 0 Å². The fourth-order valence-corrected chi connectivity index (χ4v) is 1.21. The molecule has 0 bridgehead atoms. The largest absolute Gasteiger partial charge is 0.494 e. The molecule has 5 heteroatoms. The van der Waals surface area contributed by atoms with Crippen molar-refractivity contribution in [2.24, 2.45) is 5.73 Å². The van der Waals surface area contributed by atoms with Crippen LogP contribution in [-0.2, 0) is 0 Å². The zero-order valence-electron chi connectivity index (χ0n) is 8.44. The predicted octanol–water partition coefficient (Wildman–Crippen LogP) is 1.64. The highest BCUT2D eigenvalue weighted by molar-refractivity contribution is 5.85. The number of benzene rings is 1. The van der Waals surface area contributed by atoms with Gasteiger partial charge in [0.05, 0.1) is 7.11 Å². The molecule has 1 atom stereocenters. The van der Waals surface area contributed by atoms with E-state index in [2.05, 4.69) is 0 Å². The van der Waals surface area contributed by atoms with Crippen molar-refractivity contribution >= 4 is 12.4 Å². The molecule has 3 N–H and O–H groups in total. The third kappa shape index (κ3) is 3.66. The van der Waals surface area contributed by atoms with Gasteiger partial charge in [-0.05, 0) is 24.1 Å². The second kappa shape index (κ2) is 6.61. The van der Waals surface area contributed by atoms with Crippen LogP contribution in [0.1, 0.15) is 18.0 Å². The molecule has 0 fully saturated rings. The SMILES string of the molecule is COc1cc(C(N)CCO)ccc1F.Cl. The summed E-state index contributed by atoms with van der Waals surface area (Å²) in [5, 5.41) is 8.69. The Morgan fingerprint density at radius 3 is 2.73 bits per heavy atom. The molecule has 15 heavy (non-hydrogen) atoms. The first-order valence-corrected chi connectivity index (χ1v) is 4.39. The summed E-state index contributed by atoms with van der Waals surface area (Å²) in [6.07, 6.45) is 0.453. The number of hydrogen-bond acceptors (Lipinski definition) is 3. The lowest BCUT2D eigenvalue weighted by Crippen LogP contribution is -2.12. The molecule has 86 valence electrons. The molecule has 0 aliphatic rings. The first-order chi connectivity index (χ1) is 6.69. The van der Waals surface area contributed by atoms with Gasteiger partial charge in [-0.25, -0.2) is 4.39 Å². The highest BCUT2D eigenvalue weighted by Gasteiger charge is 2.09. The summed E-state index contributed by atoms with van der Waals surface area (Å²) in [6.45, 7) is 0.0147. The van der Waals surface area contributed by atoms with Gasteiger partial charge in [0.15, 0.2) is 11.6 Å². The van der Waals surface area contributed by atoms with E-state index < -0.39 is 5.82 Å². The number of halogens is 2. The molecule has 0 aliphatic heterocycles. The van der Waals surface area contributed by atoms with Crippen LogP contribution < -0.4 is 10.5 Å². The zero-order valence-corrected chi connectivity index (χ0v) is 9.26. The van der Waals surface area contributed by atoms with Gasteiger partial charge in [0, 0.05) is 12.6 Å². The molecule has 1 rings (SSSR count). The second-order valence-electron chi connectivity index (χ2n) is 3.01. The molecule has 0 saturated heterocycles. The predicted molar refractivity (Wildman–Crippen MR) is 58.8 cm³/mol. The zero-order chi connectivity index (χ0) is 10.6. The summed E-state index contributed by atoms with van der Waals surface area (Å²) >= 11 is 0. The van der Waals surface area contributed by atoms with Crippen LogP contribution in [0.25, 0.3) is 0 Å². The average molecular weight is 236 g/mol. The molecule has 0 radical (unpaired) electrons. The molecule has 1 aromatic rings. The highest BCUT2D eigenvalue weighted by atomic mass is 35.5. The molecule has 0 spiro atoms. The average Bonchev–Trinajstić information content (AvgIpc) is 2.19. The fourth-order valence-electron chi connectivity index (χ4n) is 1.21. The minimum absolute atomic E-state index is 0. The molecule has 1 aromatic carbocycles. The Kier molecular flexibility index (Phi) is 6.24. The van der Waals surface area contributed by atoms with Crippen LogP contribution in [-0.4, -0.2) is 18.8 Å². The number of hydrogen-bond donors (Lipinski definition) is 2. The third-order valence-electron chi connectivity index (χ3n) is 2.04. The van der Waals surface area contributed by atoms with Crippen molar-refractivity contribution in [3.8, 4) is 5.75 Å². The van der Waals surface area contributed by atoms with Crippen molar-refractivity contribution in [2.75, 3.05) is 13.7 Å². The van der Waals surface area contributed by atoms with E-state index in [1.54, 1.807) is 12.1 Å². The van der Waals surface area contributed by atoms with E-state index in [0.29, 0.717) is 6.42 Å². The minimum Gasteiger partial charge on any atom is -0.494 e. The molecule has 0 amide bonds. The molecule has 3 nitrogen and oxygen atoms in total. The number of ether oxygens (including phenoxy) is 1. The van der Waals surface area contributed by atoms with Crippen LogP contribution in [0, 0.1) is 5.82 Å². The number of nitrogens with two attached hydrogens (primary N) is 1. The standard InChI is InChI=1S/C10H14FNO2.ClH/c1-14-10-6-7(2-3-8(10)11)9(12)4-5-13;/h2-3,6,9,13H,4-5,12H2,1H3;1H. The summed E-state index contributed by atoms with van der Waals surface area (Å²) in [5.74, 6) is -0.233. The van der Waals surface area contributed by atoms with Gasteiger partial charge in [-0.1, -0.05) is 6.07 Å². The van der Waals surface area contributed by atoms with Crippen molar-refractivity contribution in [3.63, 3.8) is 0 Å². The maximum atomic E-state index is 13.0. The van der Waals surface area contributed by atoms with E-state index in [9.17, 15) is 4.39 Å². The first kappa shape index (κ1) is 14.2. The van der Waals surface area contributed by atoms with Crippen molar-refractivity contribution < 1.29 is 14.2 Å². The van der Waals surface area contributed by atoms with Gasteiger partial charge in [-0.2, -0.15) is 0 Å². The van der Waals surface area contributed by atoms with Gasteiger partial charge in [-0.15, -0.1) is 12.4 Å². The van der Waals surface area contributed by atoms with Crippen LogP contribution in [0.3, 0.4) is 0 Å². The van der Waals surface area contributed by atoms with Crippen molar-refractivity contribution in [1.29, 1.82) is 0 Å². The Balaban J connectivity index is 0.00000196. The smallest absolute Gasteiger partial charge is 0.165 e. The Bertz CT molecular complexity index is 309. The summed E-state index contributed by atoms with van der Waals surface area (Å²) < 4.78 is 17.8. The summed E-state index contributed by atoms with van der Waals surface area (Å²) in [7, 11) is 1.40. The van der Waals surface area contributed by atoms with E-state index in [-0.39, 0.29) is 30.8 Å². The second-order valence-corrected chi connectivity index (χ2v) is 3.01. The Morgan fingerprint density at radius 2 is 2.20 bits per heavy atom. The summed E-state index contributed by atoms with van der Waals surface area (Å²) in [6, 6.07) is 4.17. The van der Waals surface area contributed by atoms with Gasteiger partial charge in [0.2, 0.25) is 0 Å². The van der Waals surface area contributed by atoms with Crippen molar-refractivity contribution in [3.05, 3.63) is 29.6 Å². The van der Waals surface area contributed by atoms with E-state index in [1.807, 2.05) is 0 Å². The lowest BCUT2D eigenvalue weighted by atomic mass is 10.0. The molecule has 0 heterocycles. The number of methoxy groups -OCH3 is 1. The molecule has 0 aliphatic carbocycles. The Hall–Kier alpha value is -0.840. The molecule has 0 aromatic heterocycles. The van der Waals surface area contributed by atoms with Crippen LogP contribution in [0.2, 0.25) is 0 Å². The molecular weight excluding hydrogens is 221 g/mol. The lowest BCUT2D eigenvalue weighted by molar-refractivity contribution is 0.276. The topological polar surface area (TPSA) is 55.5 Å². The number of aliphatic hydroxyl groups is 1. The van der Waals surface area contributed by atoms with Crippen molar-refractivity contribution in [2.45, 2.75) is 12.5 Å². The number of rotatable bonds is 4. The quantitative estimate of drug-likeness (QED) is 0.834. The third-order valence-corrected chi connectivity index (χ3v) is 2.04. The van der Waals surface area contributed by atoms with Gasteiger partial charge in [0.25, 0.3) is 0 Å². The van der Waals surface area contributed by atoms with Gasteiger partial charge < -0.3 is 15.6 Å². The fraction of sp³-hybridized carbons (Fsp3) is 0.400. The molecule has 0 saturated carbocycles. The maximum absolute atomic E-state index is 13.0. The Labute approximate surface area is 94.5 Å². The summed E-state index contributed by atoms with van der Waals surface area (Å²) in [5.41, 5.74) is 6.50. The Morgan fingerprint density at radius 1 is 1.53 bits per heavy atom. The minimum atomic E-state index is -0.410.